The normalized spacial score (nSPS) is 18.9. The lowest BCUT2D eigenvalue weighted by Gasteiger charge is -2.26. The molecule has 0 aromatic heterocycles. The van der Waals surface area contributed by atoms with Crippen molar-refractivity contribution < 1.29 is 14.3 Å². The van der Waals surface area contributed by atoms with Gasteiger partial charge in [0.05, 0.1) is 7.11 Å². The fourth-order valence-electron chi connectivity index (χ4n) is 2.66. The number of carbonyl (C=O) groups excluding carboxylic acids is 2. The van der Waals surface area contributed by atoms with Crippen molar-refractivity contribution in [3.8, 4) is 5.75 Å². The molecule has 1 aromatic rings. The van der Waals surface area contributed by atoms with Crippen molar-refractivity contribution in [2.45, 2.75) is 39.2 Å². The monoisotopic (exact) mass is 304 g/mol. The molecule has 22 heavy (non-hydrogen) atoms. The Bertz CT molecular complexity index is 527. The first-order valence-corrected chi connectivity index (χ1v) is 7.82. The molecular weight excluding hydrogens is 280 g/mol. The summed E-state index contributed by atoms with van der Waals surface area (Å²) in [6.07, 6.45) is 2.40. The van der Waals surface area contributed by atoms with Crippen LogP contribution in [0.1, 0.15) is 33.1 Å². The lowest BCUT2D eigenvalue weighted by atomic mass is 10.1. The molecule has 0 saturated carbocycles. The first kappa shape index (κ1) is 16.3. The van der Waals surface area contributed by atoms with Crippen LogP contribution in [-0.2, 0) is 9.59 Å². The number of anilines is 1. The highest BCUT2D eigenvalue weighted by Crippen LogP contribution is 2.23. The maximum Gasteiger partial charge on any atom is 0.247 e. The van der Waals surface area contributed by atoms with Gasteiger partial charge in [-0.3, -0.25) is 9.59 Å². The number of amides is 2. The minimum absolute atomic E-state index is 0.0330. The van der Waals surface area contributed by atoms with E-state index in [0.29, 0.717) is 12.2 Å². The summed E-state index contributed by atoms with van der Waals surface area (Å²) in [4.78, 5) is 26.5. The van der Waals surface area contributed by atoms with Gasteiger partial charge < -0.3 is 15.0 Å². The minimum atomic E-state index is -0.358. The zero-order valence-electron chi connectivity index (χ0n) is 13.5. The number of methoxy groups -OCH3 is 1. The number of carbonyl (C=O) groups is 2. The maximum absolute atomic E-state index is 12.5. The molecule has 0 spiro atoms. The van der Waals surface area contributed by atoms with E-state index < -0.39 is 0 Å². The molecule has 1 aromatic carbocycles. The van der Waals surface area contributed by atoms with Crippen LogP contribution in [0.4, 0.5) is 5.69 Å². The summed E-state index contributed by atoms with van der Waals surface area (Å²) in [6, 6.07) is 6.83. The second-order valence-corrected chi connectivity index (χ2v) is 5.72. The molecular formula is C17H24N2O3. The summed E-state index contributed by atoms with van der Waals surface area (Å²) < 4.78 is 5.10. The van der Waals surface area contributed by atoms with Crippen LogP contribution in [0.5, 0.6) is 5.75 Å². The van der Waals surface area contributed by atoms with Crippen molar-refractivity contribution in [3.63, 3.8) is 0 Å². The molecule has 0 bridgehead atoms. The predicted octanol–water partition coefficient (Wildman–Crippen LogP) is 2.67. The Morgan fingerprint density at radius 3 is 2.64 bits per heavy atom. The minimum Gasteiger partial charge on any atom is -0.497 e. The van der Waals surface area contributed by atoms with Crippen molar-refractivity contribution >= 4 is 17.5 Å². The third-order valence-corrected chi connectivity index (χ3v) is 4.23. The third kappa shape index (κ3) is 3.59. The van der Waals surface area contributed by atoms with Crippen LogP contribution < -0.4 is 10.1 Å². The van der Waals surface area contributed by atoms with E-state index in [1.165, 1.54) is 0 Å². The number of nitrogens with one attached hydrogen (secondary N) is 1. The lowest BCUT2D eigenvalue weighted by molar-refractivity contribution is -0.139. The SMILES string of the molecule is CC[C@@H](C)C(=O)N1CCC[C@H]1C(=O)Nc1ccc(OC)cc1. The molecule has 2 rings (SSSR count). The highest BCUT2D eigenvalue weighted by atomic mass is 16.5. The summed E-state index contributed by atoms with van der Waals surface area (Å²) in [5.74, 6) is 0.677. The van der Waals surface area contributed by atoms with Gasteiger partial charge >= 0.3 is 0 Å². The Balaban J connectivity index is 2.02. The molecule has 0 unspecified atom stereocenters. The molecule has 0 radical (unpaired) electrons. The molecule has 5 heteroatoms. The standard InChI is InChI=1S/C17H24N2O3/c1-4-12(2)17(21)19-11-5-6-15(19)16(20)18-13-7-9-14(22-3)10-8-13/h7-10,12,15H,4-6,11H2,1-3H3,(H,18,20)/t12-,15+/m1/s1. The van der Waals surface area contributed by atoms with Crippen LogP contribution in [0.25, 0.3) is 0 Å². The van der Waals surface area contributed by atoms with Crippen molar-refractivity contribution in [2.24, 2.45) is 5.92 Å². The fourth-order valence-corrected chi connectivity index (χ4v) is 2.66. The van der Waals surface area contributed by atoms with Crippen molar-refractivity contribution in [1.29, 1.82) is 0 Å². The number of hydrogen-bond acceptors (Lipinski definition) is 3. The zero-order chi connectivity index (χ0) is 16.1. The molecule has 1 saturated heterocycles. The lowest BCUT2D eigenvalue weighted by Crippen LogP contribution is -2.45. The van der Waals surface area contributed by atoms with Gasteiger partial charge in [-0.2, -0.15) is 0 Å². The molecule has 1 fully saturated rings. The average Bonchev–Trinajstić information content (AvgIpc) is 3.03. The van der Waals surface area contributed by atoms with Gasteiger partial charge in [-0.15, -0.1) is 0 Å². The summed E-state index contributed by atoms with van der Waals surface area (Å²) >= 11 is 0. The van der Waals surface area contributed by atoms with Crippen molar-refractivity contribution in [3.05, 3.63) is 24.3 Å². The second-order valence-electron chi connectivity index (χ2n) is 5.72. The third-order valence-electron chi connectivity index (χ3n) is 4.23. The first-order valence-electron chi connectivity index (χ1n) is 7.82. The first-order chi connectivity index (χ1) is 10.6. The largest absolute Gasteiger partial charge is 0.497 e. The van der Waals surface area contributed by atoms with E-state index in [9.17, 15) is 9.59 Å². The van der Waals surface area contributed by atoms with E-state index in [1.807, 2.05) is 13.8 Å². The quantitative estimate of drug-likeness (QED) is 0.910. The summed E-state index contributed by atoms with van der Waals surface area (Å²) in [5, 5.41) is 2.89. The molecule has 1 aliphatic rings. The van der Waals surface area contributed by atoms with Gasteiger partial charge in [0.2, 0.25) is 11.8 Å². The Kier molecular flexibility index (Phi) is 5.41. The van der Waals surface area contributed by atoms with Crippen LogP contribution in [-0.4, -0.2) is 36.4 Å². The summed E-state index contributed by atoms with van der Waals surface area (Å²) in [5.41, 5.74) is 0.716. The average molecular weight is 304 g/mol. The van der Waals surface area contributed by atoms with Gasteiger partial charge in [0.15, 0.2) is 0 Å². The van der Waals surface area contributed by atoms with E-state index in [1.54, 1.807) is 36.3 Å². The fraction of sp³-hybridized carbons (Fsp3) is 0.529. The second kappa shape index (κ2) is 7.29. The number of benzene rings is 1. The number of rotatable bonds is 5. The van der Waals surface area contributed by atoms with Crippen molar-refractivity contribution in [1.82, 2.24) is 4.90 Å². The van der Waals surface area contributed by atoms with Gasteiger partial charge in [-0.1, -0.05) is 13.8 Å². The van der Waals surface area contributed by atoms with E-state index >= 15 is 0 Å². The smallest absolute Gasteiger partial charge is 0.247 e. The van der Waals surface area contributed by atoms with Crippen LogP contribution in [0, 0.1) is 5.92 Å². The highest BCUT2D eigenvalue weighted by Gasteiger charge is 2.35. The Morgan fingerprint density at radius 2 is 2.05 bits per heavy atom. The van der Waals surface area contributed by atoms with Crippen LogP contribution in [0.3, 0.4) is 0 Å². The molecule has 1 N–H and O–H groups in total. The molecule has 2 atom stereocenters. The molecule has 5 nitrogen and oxygen atoms in total. The molecule has 120 valence electrons. The van der Waals surface area contributed by atoms with Gasteiger partial charge in [-0.25, -0.2) is 0 Å². The van der Waals surface area contributed by atoms with E-state index in [0.717, 1.165) is 25.0 Å². The van der Waals surface area contributed by atoms with Crippen molar-refractivity contribution in [2.75, 3.05) is 19.0 Å². The summed E-state index contributed by atoms with van der Waals surface area (Å²) in [6.45, 7) is 4.58. The number of hydrogen-bond donors (Lipinski definition) is 1. The molecule has 0 aliphatic carbocycles. The molecule has 2 amide bonds. The van der Waals surface area contributed by atoms with Crippen LogP contribution >= 0.6 is 0 Å². The van der Waals surface area contributed by atoms with Crippen LogP contribution in [0.2, 0.25) is 0 Å². The molecule has 1 aliphatic heterocycles. The Labute approximate surface area is 131 Å². The Morgan fingerprint density at radius 1 is 1.36 bits per heavy atom. The highest BCUT2D eigenvalue weighted by molar-refractivity contribution is 5.97. The van der Waals surface area contributed by atoms with Crippen LogP contribution in [0.15, 0.2) is 24.3 Å². The van der Waals surface area contributed by atoms with Gasteiger partial charge in [-0.05, 0) is 43.5 Å². The maximum atomic E-state index is 12.5. The predicted molar refractivity (Wildman–Crippen MR) is 85.8 cm³/mol. The van der Waals surface area contributed by atoms with Gasteiger partial charge in [0, 0.05) is 18.2 Å². The van der Waals surface area contributed by atoms with Gasteiger partial charge in [0.25, 0.3) is 0 Å². The number of nitrogens with zero attached hydrogens (tertiary/aromatic N) is 1. The summed E-state index contributed by atoms with van der Waals surface area (Å²) in [7, 11) is 1.60. The zero-order valence-corrected chi connectivity index (χ0v) is 13.5. The van der Waals surface area contributed by atoms with E-state index in [2.05, 4.69) is 5.32 Å². The van der Waals surface area contributed by atoms with Gasteiger partial charge in [0.1, 0.15) is 11.8 Å². The Hall–Kier alpha value is -2.04. The topological polar surface area (TPSA) is 58.6 Å². The number of ether oxygens (including phenoxy) is 1. The van der Waals surface area contributed by atoms with E-state index in [4.69, 9.17) is 4.74 Å². The number of likely N-dealkylation sites (tertiary alicyclic amines) is 1. The molecule has 1 heterocycles. The van der Waals surface area contributed by atoms with E-state index in [-0.39, 0.29) is 23.8 Å².